The zero-order chi connectivity index (χ0) is 33.1. The van der Waals surface area contributed by atoms with E-state index in [4.69, 9.17) is 19.5 Å². The molecule has 2 aliphatic heterocycles. The van der Waals surface area contributed by atoms with Crippen LogP contribution in [0.1, 0.15) is 32.0 Å². The lowest BCUT2D eigenvalue weighted by Gasteiger charge is -2.49. The smallest absolute Gasteiger partial charge is 0.352 e. The van der Waals surface area contributed by atoms with E-state index in [0.717, 1.165) is 45.9 Å². The molecule has 2 aliphatic rings. The van der Waals surface area contributed by atoms with Gasteiger partial charge in [-0.1, -0.05) is 22.9 Å². The molecule has 0 bridgehead atoms. The monoisotopic (exact) mass is 679 g/mol. The largest absolute Gasteiger partial charge is 0.477 e. The molecule has 3 heterocycles. The minimum atomic E-state index is -4.16. The molecule has 0 radical (unpaired) electrons. The first-order chi connectivity index (χ1) is 21.1. The lowest BCUT2D eigenvalue weighted by atomic mass is 10.0. The quantitative estimate of drug-likeness (QED) is 0.0771. The van der Waals surface area contributed by atoms with Crippen LogP contribution in [-0.4, -0.2) is 82.2 Å². The Hall–Kier alpha value is -4.42. The van der Waals surface area contributed by atoms with Crippen LogP contribution >= 0.6 is 23.1 Å². The van der Waals surface area contributed by atoms with Gasteiger partial charge in [0, 0.05) is 11.1 Å². The summed E-state index contributed by atoms with van der Waals surface area (Å²) in [5.41, 5.74) is 5.17. The van der Waals surface area contributed by atoms with Crippen LogP contribution < -0.4 is 11.1 Å². The van der Waals surface area contributed by atoms with Crippen molar-refractivity contribution in [2.24, 2.45) is 5.16 Å². The van der Waals surface area contributed by atoms with Gasteiger partial charge in [-0.3, -0.25) is 14.5 Å². The van der Waals surface area contributed by atoms with E-state index in [1.807, 2.05) is 0 Å². The Bertz CT molecular complexity index is 1710. The van der Waals surface area contributed by atoms with E-state index in [-0.39, 0.29) is 38.5 Å². The Morgan fingerprint density at radius 2 is 1.93 bits per heavy atom. The third-order valence-corrected chi connectivity index (χ3v) is 9.18. The molecule has 15 nitrogen and oxygen atoms in total. The molecule has 18 heteroatoms. The maximum Gasteiger partial charge on any atom is 0.352 e. The average molecular weight is 680 g/mol. The van der Waals surface area contributed by atoms with Gasteiger partial charge < -0.3 is 29.9 Å². The van der Waals surface area contributed by atoms with E-state index >= 15 is 0 Å². The number of carbonyl (C=O) groups is 4. The predicted octanol–water partition coefficient (Wildman–Crippen LogP) is 1.75. The summed E-state index contributed by atoms with van der Waals surface area (Å²) in [5.74, 6) is -3.73. The molecule has 240 valence electrons. The molecule has 1 aromatic carbocycles. The third-order valence-electron chi connectivity index (χ3n) is 5.99. The summed E-state index contributed by atoms with van der Waals surface area (Å²) < 4.78 is 35.0. The highest BCUT2D eigenvalue weighted by atomic mass is 32.2. The van der Waals surface area contributed by atoms with Gasteiger partial charge in [0.2, 0.25) is 6.61 Å². The maximum absolute atomic E-state index is 13.2. The van der Waals surface area contributed by atoms with Gasteiger partial charge in [0.15, 0.2) is 10.8 Å². The molecular weight excluding hydrogens is 651 g/mol. The first kappa shape index (κ1) is 33.5. The topological polar surface area (TPSA) is 217 Å². The lowest BCUT2D eigenvalue weighted by Crippen LogP contribution is -2.71. The van der Waals surface area contributed by atoms with Crippen molar-refractivity contribution in [2.45, 2.75) is 49.6 Å². The van der Waals surface area contributed by atoms with E-state index in [1.165, 1.54) is 17.5 Å². The van der Waals surface area contributed by atoms with Gasteiger partial charge in [0.05, 0.1) is 0 Å². The van der Waals surface area contributed by atoms with Crippen molar-refractivity contribution < 1.29 is 46.5 Å². The number of thiazole rings is 1. The number of ether oxygens (including phenoxy) is 1. The molecule has 0 spiro atoms. The molecule has 2 amide bonds. The number of nitrogens with two attached hydrogens (primary N) is 1. The Labute approximate surface area is 266 Å². The molecule has 2 aromatic rings. The second kappa shape index (κ2) is 13.3. The highest BCUT2D eigenvalue weighted by Gasteiger charge is 2.54. The lowest BCUT2D eigenvalue weighted by molar-refractivity contribution is -0.160. The van der Waals surface area contributed by atoms with Crippen molar-refractivity contribution in [1.29, 1.82) is 0 Å². The number of hydrogen-bond donors (Lipinski definition) is 3. The maximum atomic E-state index is 13.2. The number of aromatic nitrogens is 1. The molecule has 0 saturated carbocycles. The van der Waals surface area contributed by atoms with E-state index in [2.05, 4.69) is 15.5 Å². The van der Waals surface area contributed by atoms with Gasteiger partial charge in [-0.05, 0) is 51.5 Å². The van der Waals surface area contributed by atoms with E-state index < -0.39 is 57.5 Å². The van der Waals surface area contributed by atoms with Gasteiger partial charge in [-0.25, -0.2) is 14.6 Å². The predicted molar refractivity (Wildman–Crippen MR) is 163 cm³/mol. The first-order valence-corrected chi connectivity index (χ1v) is 16.4. The number of β-lactam (4-membered cyclic amide) rings is 1. The van der Waals surface area contributed by atoms with Crippen molar-refractivity contribution in [3.05, 3.63) is 64.5 Å². The van der Waals surface area contributed by atoms with Crippen LogP contribution in [0.25, 0.3) is 0 Å². The number of carboxylic acids is 1. The third kappa shape index (κ3) is 8.00. The molecule has 45 heavy (non-hydrogen) atoms. The molecule has 4 N–H and O–H groups in total. The number of fused-ring (bicyclic) bond motifs is 1. The van der Waals surface area contributed by atoms with Gasteiger partial charge in [-0.2, -0.15) is 8.42 Å². The zero-order valence-corrected chi connectivity index (χ0v) is 26.8. The number of aliphatic carboxylic acids is 1. The summed E-state index contributed by atoms with van der Waals surface area (Å²) >= 11 is 2.16. The summed E-state index contributed by atoms with van der Waals surface area (Å²) in [7, 11) is -4.16. The molecule has 1 saturated heterocycles. The first-order valence-electron chi connectivity index (χ1n) is 13.1. The number of carbonyl (C=O) groups excluding carboxylic acids is 3. The number of rotatable bonds is 11. The second-order valence-corrected chi connectivity index (χ2v) is 14.1. The van der Waals surface area contributed by atoms with Crippen molar-refractivity contribution in [3.8, 4) is 0 Å². The van der Waals surface area contributed by atoms with E-state index in [0.29, 0.717) is 0 Å². The normalized spacial score (nSPS) is 18.7. The number of thioether (sulfide) groups is 1. The van der Waals surface area contributed by atoms with Gasteiger partial charge in [-0.15, -0.1) is 23.1 Å². The van der Waals surface area contributed by atoms with Crippen LogP contribution in [0.5, 0.6) is 0 Å². The fourth-order valence-corrected chi connectivity index (χ4v) is 6.69. The number of amides is 2. The van der Waals surface area contributed by atoms with Crippen molar-refractivity contribution in [3.63, 3.8) is 0 Å². The zero-order valence-electron chi connectivity index (χ0n) is 24.4. The van der Waals surface area contributed by atoms with Crippen molar-refractivity contribution in [2.75, 3.05) is 18.1 Å². The standard InChI is InChI=1S/C27H29N5O10S3/c1-14-5-7-16(8-6-14)45(38,39)41-10-9-15-12-43-24-20(23(35)32(24)21(15)25(36)37)30-22(34)19(17-13-44-26(28)29-17)31-40-11-18(33)42-27(2,3)4/h5-10,13,20,24H,11-12H2,1-4H3,(H2,28,29)(H,30,34)(H,36,37)/t20?,24-/m0/s1. The molecular formula is C27H29N5O10S3. The molecule has 4 rings (SSSR count). The molecule has 1 fully saturated rings. The Morgan fingerprint density at radius 3 is 2.53 bits per heavy atom. The number of nitrogen functional groups attached to an aromatic ring is 1. The number of carboxylic acid groups (broad SMARTS) is 1. The minimum absolute atomic E-state index is 0.0262. The fourth-order valence-electron chi connectivity index (χ4n) is 4.05. The SMILES string of the molecule is Cc1ccc(S(=O)(=O)OC=CC2=C(C(=O)O)N3C(=O)C(NC(=O)C(=NOCC(=O)OC(C)(C)C)c4csc(N)n4)[C@@H]3SC2)cc1. The van der Waals surface area contributed by atoms with Crippen LogP contribution in [0, 0.1) is 6.92 Å². The number of oxime groups is 1. The van der Waals surface area contributed by atoms with Crippen molar-refractivity contribution >= 4 is 67.8 Å². The highest BCUT2D eigenvalue weighted by molar-refractivity contribution is 8.00. The average Bonchev–Trinajstić information content (AvgIpc) is 3.38. The summed E-state index contributed by atoms with van der Waals surface area (Å²) in [6.07, 6.45) is 2.01. The minimum Gasteiger partial charge on any atom is -0.477 e. The molecule has 2 atom stereocenters. The van der Waals surface area contributed by atoms with Gasteiger partial charge in [0.1, 0.15) is 39.6 Å². The number of esters is 1. The summed E-state index contributed by atoms with van der Waals surface area (Å²) in [6.45, 7) is 6.19. The van der Waals surface area contributed by atoms with Gasteiger partial charge in [0.25, 0.3) is 11.8 Å². The number of nitrogens with one attached hydrogen (secondary N) is 1. The number of aryl methyl sites for hydroxylation is 1. The van der Waals surface area contributed by atoms with E-state index in [1.54, 1.807) is 39.8 Å². The second-order valence-electron chi connectivity index (χ2n) is 10.6. The number of nitrogens with zero attached hydrogens (tertiary/aromatic N) is 3. The Balaban J connectivity index is 1.47. The Morgan fingerprint density at radius 1 is 1.24 bits per heavy atom. The van der Waals surface area contributed by atoms with Gasteiger partial charge >= 0.3 is 22.1 Å². The molecule has 0 aliphatic carbocycles. The van der Waals surface area contributed by atoms with Crippen LogP contribution in [0.4, 0.5) is 5.13 Å². The number of benzene rings is 1. The highest BCUT2D eigenvalue weighted by Crippen LogP contribution is 2.40. The van der Waals surface area contributed by atoms with Crippen LogP contribution in [0.15, 0.2) is 63.3 Å². The molecule has 1 unspecified atom stereocenters. The number of hydrogen-bond acceptors (Lipinski definition) is 14. The summed E-state index contributed by atoms with van der Waals surface area (Å²) in [4.78, 5) is 60.5. The van der Waals surface area contributed by atoms with Crippen LogP contribution in [0.2, 0.25) is 0 Å². The van der Waals surface area contributed by atoms with E-state index in [9.17, 15) is 32.7 Å². The number of anilines is 1. The summed E-state index contributed by atoms with van der Waals surface area (Å²) in [5, 5.41) is 16.9. The van der Waals surface area contributed by atoms with Crippen LogP contribution in [-0.2, 0) is 43.1 Å². The molecule has 1 aromatic heterocycles. The summed E-state index contributed by atoms with van der Waals surface area (Å²) in [6, 6.07) is 4.81. The van der Waals surface area contributed by atoms with Crippen LogP contribution in [0.3, 0.4) is 0 Å². The Kier molecular flexibility index (Phi) is 9.89. The van der Waals surface area contributed by atoms with Crippen molar-refractivity contribution in [1.82, 2.24) is 15.2 Å². The fraction of sp³-hybridized carbons (Fsp3) is 0.333. The number of allylic oxidation sites excluding steroid dienone is 1.